The number of ether oxygens (including phenoxy) is 2. The van der Waals surface area contributed by atoms with Gasteiger partial charge in [0.2, 0.25) is 0 Å². The van der Waals surface area contributed by atoms with Gasteiger partial charge in [-0.3, -0.25) is 0 Å². The van der Waals surface area contributed by atoms with Crippen LogP contribution in [-0.4, -0.2) is 50.0 Å². The lowest BCUT2D eigenvalue weighted by atomic mass is 10.1. The van der Waals surface area contributed by atoms with Gasteiger partial charge in [-0.15, -0.1) is 0 Å². The average molecular weight is 487 g/mol. The molecule has 0 spiro atoms. The predicted octanol–water partition coefficient (Wildman–Crippen LogP) is 5.17. The molecule has 0 amide bonds. The quantitative estimate of drug-likeness (QED) is 0.394. The topological polar surface area (TPSA) is 87.8 Å². The Labute approximate surface area is 203 Å². The van der Waals surface area contributed by atoms with E-state index >= 15 is 0 Å². The lowest BCUT2D eigenvalue weighted by Crippen LogP contribution is -2.03. The van der Waals surface area contributed by atoms with E-state index in [0.29, 0.717) is 34.2 Å². The molecule has 10 heteroatoms. The summed E-state index contributed by atoms with van der Waals surface area (Å²) < 4.78 is 25.6. The van der Waals surface area contributed by atoms with Gasteiger partial charge in [-0.05, 0) is 57.4 Å². The number of aromatic nitrogens is 6. The second-order valence-corrected chi connectivity index (χ2v) is 7.99. The molecule has 1 saturated heterocycles. The standard InChI is InChI=1S/C14H10ClFN4.C5H8N2O.C5H10O/c1-7-8(2)20-14-13(19-7)12(17-6-18-14)10-4-3-9(15)5-11(10)16;1-8-5-7-4-2-3-6-7;1-2-4-6-5-3-1/h3-6H,1-2H3;2-4H,5H2,1H3;1-5H2. The molecule has 4 aromatic rings. The van der Waals surface area contributed by atoms with E-state index < -0.39 is 5.82 Å². The van der Waals surface area contributed by atoms with Crippen molar-refractivity contribution in [2.24, 2.45) is 0 Å². The van der Waals surface area contributed by atoms with Crippen molar-refractivity contribution in [1.82, 2.24) is 29.7 Å². The van der Waals surface area contributed by atoms with Gasteiger partial charge in [-0.1, -0.05) is 11.6 Å². The number of halogens is 2. The first-order valence-electron chi connectivity index (χ1n) is 10.9. The van der Waals surface area contributed by atoms with Crippen molar-refractivity contribution in [2.45, 2.75) is 39.8 Å². The number of fused-ring (bicyclic) bond motifs is 1. The number of hydrogen-bond donors (Lipinski definition) is 0. The van der Waals surface area contributed by atoms with E-state index in [0.717, 1.165) is 24.6 Å². The Balaban J connectivity index is 0.000000188. The molecule has 0 atom stereocenters. The van der Waals surface area contributed by atoms with Gasteiger partial charge >= 0.3 is 0 Å². The number of nitrogens with zero attached hydrogens (tertiary/aromatic N) is 6. The van der Waals surface area contributed by atoms with Gasteiger partial charge in [0.15, 0.2) is 5.65 Å². The Bertz CT molecular complexity index is 1170. The van der Waals surface area contributed by atoms with Crippen LogP contribution in [0.1, 0.15) is 30.7 Å². The maximum absolute atomic E-state index is 14.1. The van der Waals surface area contributed by atoms with Crippen molar-refractivity contribution in [2.75, 3.05) is 20.3 Å². The van der Waals surface area contributed by atoms with Crippen molar-refractivity contribution in [1.29, 1.82) is 0 Å². The van der Waals surface area contributed by atoms with Crippen LogP contribution in [0.25, 0.3) is 22.4 Å². The summed E-state index contributed by atoms with van der Waals surface area (Å²) in [5, 5.41) is 4.23. The Hall–Kier alpha value is -3.01. The highest BCUT2D eigenvalue weighted by molar-refractivity contribution is 6.30. The van der Waals surface area contributed by atoms with Crippen molar-refractivity contribution in [3.8, 4) is 11.3 Å². The maximum atomic E-state index is 14.1. The average Bonchev–Trinajstić information content (AvgIpc) is 3.35. The molecule has 0 saturated carbocycles. The van der Waals surface area contributed by atoms with Crippen LogP contribution in [0.5, 0.6) is 0 Å². The van der Waals surface area contributed by atoms with Gasteiger partial charge in [0.1, 0.15) is 30.1 Å². The predicted molar refractivity (Wildman–Crippen MR) is 129 cm³/mol. The van der Waals surface area contributed by atoms with E-state index in [1.807, 2.05) is 26.1 Å². The second-order valence-electron chi connectivity index (χ2n) is 7.55. The lowest BCUT2D eigenvalue weighted by molar-refractivity contribution is 0.0968. The normalized spacial score (nSPS) is 13.0. The Kier molecular flexibility index (Phi) is 9.81. The van der Waals surface area contributed by atoms with Gasteiger partial charge in [-0.25, -0.2) is 29.0 Å². The van der Waals surface area contributed by atoms with Crippen LogP contribution in [0.15, 0.2) is 43.0 Å². The van der Waals surface area contributed by atoms with Crippen LogP contribution in [0.4, 0.5) is 4.39 Å². The zero-order chi connectivity index (χ0) is 24.3. The van der Waals surface area contributed by atoms with Crippen LogP contribution >= 0.6 is 11.6 Å². The molecule has 1 fully saturated rings. The van der Waals surface area contributed by atoms with Gasteiger partial charge in [-0.2, -0.15) is 5.10 Å². The third-order valence-electron chi connectivity index (χ3n) is 4.96. The van der Waals surface area contributed by atoms with Crippen LogP contribution in [0.2, 0.25) is 5.02 Å². The first kappa shape index (κ1) is 25.6. The number of methoxy groups -OCH3 is 1. The zero-order valence-corrected chi connectivity index (χ0v) is 20.3. The lowest BCUT2D eigenvalue weighted by Gasteiger charge is -2.08. The zero-order valence-electron chi connectivity index (χ0n) is 19.5. The van der Waals surface area contributed by atoms with Crippen LogP contribution in [-0.2, 0) is 16.2 Å². The Morgan fingerprint density at radius 3 is 2.44 bits per heavy atom. The summed E-state index contributed by atoms with van der Waals surface area (Å²) in [4.78, 5) is 17.0. The van der Waals surface area contributed by atoms with Gasteiger partial charge in [0.05, 0.1) is 11.4 Å². The molecule has 3 aromatic heterocycles. The van der Waals surface area contributed by atoms with E-state index in [1.54, 1.807) is 30.1 Å². The monoisotopic (exact) mass is 486 g/mol. The van der Waals surface area contributed by atoms with Crippen molar-refractivity contribution < 1.29 is 13.9 Å². The first-order valence-corrected chi connectivity index (χ1v) is 11.3. The molecule has 0 radical (unpaired) electrons. The van der Waals surface area contributed by atoms with Crippen LogP contribution in [0, 0.1) is 19.7 Å². The molecule has 0 bridgehead atoms. The number of rotatable bonds is 3. The summed E-state index contributed by atoms with van der Waals surface area (Å²) in [6.45, 7) is 6.23. The fourth-order valence-corrected chi connectivity index (χ4v) is 3.28. The molecule has 0 unspecified atom stereocenters. The van der Waals surface area contributed by atoms with Crippen LogP contribution < -0.4 is 0 Å². The third-order valence-corrected chi connectivity index (χ3v) is 5.20. The van der Waals surface area contributed by atoms with Gasteiger partial charge < -0.3 is 9.47 Å². The molecule has 1 aliphatic rings. The molecule has 8 nitrogen and oxygen atoms in total. The second kappa shape index (κ2) is 13.0. The van der Waals surface area contributed by atoms with E-state index in [4.69, 9.17) is 21.1 Å². The highest BCUT2D eigenvalue weighted by Crippen LogP contribution is 2.27. The SMILES string of the molecule is C1CCOCC1.COCn1cccn1.Cc1nc2ncnc(-c3ccc(Cl)cc3F)c2nc1C. The van der Waals surface area contributed by atoms with E-state index in [2.05, 4.69) is 25.0 Å². The summed E-state index contributed by atoms with van der Waals surface area (Å²) >= 11 is 5.77. The molecule has 1 aromatic carbocycles. The Morgan fingerprint density at radius 2 is 1.85 bits per heavy atom. The molecular formula is C24H28ClFN6O2. The first-order chi connectivity index (χ1) is 16.5. The van der Waals surface area contributed by atoms with Gasteiger partial charge in [0, 0.05) is 43.3 Å². The molecule has 0 aliphatic carbocycles. The molecule has 34 heavy (non-hydrogen) atoms. The highest BCUT2D eigenvalue weighted by Gasteiger charge is 2.14. The maximum Gasteiger partial charge on any atom is 0.182 e. The van der Waals surface area contributed by atoms with E-state index in [9.17, 15) is 4.39 Å². The summed E-state index contributed by atoms with van der Waals surface area (Å²) in [6.07, 6.45) is 8.86. The largest absolute Gasteiger partial charge is 0.381 e. The van der Waals surface area contributed by atoms with E-state index in [1.165, 1.54) is 31.7 Å². The highest BCUT2D eigenvalue weighted by atomic mass is 35.5. The minimum absolute atomic E-state index is 0.333. The van der Waals surface area contributed by atoms with Crippen molar-refractivity contribution in [3.05, 3.63) is 65.2 Å². The smallest absolute Gasteiger partial charge is 0.182 e. The summed E-state index contributed by atoms with van der Waals surface area (Å²) in [7, 11) is 1.64. The minimum Gasteiger partial charge on any atom is -0.381 e. The summed E-state index contributed by atoms with van der Waals surface area (Å²) in [5.74, 6) is -0.447. The molecule has 0 N–H and O–H groups in total. The molecular weight excluding hydrogens is 459 g/mol. The summed E-state index contributed by atoms with van der Waals surface area (Å²) in [6, 6.07) is 6.30. The number of hydrogen-bond acceptors (Lipinski definition) is 7. The van der Waals surface area contributed by atoms with E-state index in [-0.39, 0.29) is 0 Å². The number of benzene rings is 1. The van der Waals surface area contributed by atoms with Crippen molar-refractivity contribution in [3.63, 3.8) is 0 Å². The van der Waals surface area contributed by atoms with Gasteiger partial charge in [0.25, 0.3) is 0 Å². The third kappa shape index (κ3) is 7.24. The fraction of sp³-hybridized carbons (Fsp3) is 0.375. The minimum atomic E-state index is -0.447. The van der Waals surface area contributed by atoms with Crippen molar-refractivity contribution >= 4 is 22.8 Å². The number of aryl methyl sites for hydroxylation is 2. The summed E-state index contributed by atoms with van der Waals surface area (Å²) in [5.41, 5.74) is 3.24. The fourth-order valence-electron chi connectivity index (χ4n) is 3.12. The molecule has 1 aliphatic heterocycles. The Morgan fingerprint density at radius 1 is 1.09 bits per heavy atom. The van der Waals surface area contributed by atoms with Crippen LogP contribution in [0.3, 0.4) is 0 Å². The molecule has 180 valence electrons. The molecule has 4 heterocycles. The molecule has 5 rings (SSSR count).